The van der Waals surface area contributed by atoms with Crippen molar-refractivity contribution in [2.45, 2.75) is 13.0 Å². The van der Waals surface area contributed by atoms with E-state index in [0.717, 1.165) is 5.69 Å². The topological polar surface area (TPSA) is 99.3 Å². The van der Waals surface area contributed by atoms with Crippen LogP contribution < -0.4 is 10.2 Å². The summed E-state index contributed by atoms with van der Waals surface area (Å²) in [7, 11) is 0. The molecule has 1 saturated heterocycles. The number of β-lactam (4-membered cyclic amide) rings is 1. The molecule has 1 unspecified atom stereocenters. The van der Waals surface area contributed by atoms with Crippen molar-refractivity contribution in [2.24, 2.45) is 0 Å². The molecule has 2 aromatic carbocycles. The maximum absolute atomic E-state index is 12.3. The quantitative estimate of drug-likeness (QED) is 0.530. The van der Waals surface area contributed by atoms with Crippen molar-refractivity contribution in [3.8, 4) is 6.07 Å². The number of carbonyl (C=O) groups is 1. The fraction of sp³-hybridized carbons (Fsp3) is 0.176. The maximum atomic E-state index is 12.3. The molecular weight excluding hydrogens is 308 g/mol. The van der Waals surface area contributed by atoms with Crippen molar-refractivity contribution in [3.05, 3.63) is 63.7 Å². The minimum absolute atomic E-state index is 0.106. The van der Waals surface area contributed by atoms with E-state index in [1.807, 2.05) is 36.4 Å². The second-order valence-corrected chi connectivity index (χ2v) is 5.52. The molecule has 1 amide bonds. The van der Waals surface area contributed by atoms with Crippen LogP contribution in [0.2, 0.25) is 0 Å². The highest BCUT2D eigenvalue weighted by molar-refractivity contribution is 6.05. The molecule has 1 aliphatic heterocycles. The molecule has 0 saturated carbocycles. The van der Waals surface area contributed by atoms with E-state index in [9.17, 15) is 14.9 Å². The Balaban J connectivity index is 1.81. The number of nitro groups is 1. The van der Waals surface area contributed by atoms with E-state index in [4.69, 9.17) is 5.26 Å². The summed E-state index contributed by atoms with van der Waals surface area (Å²) < 4.78 is 0. The number of nitro benzene ring substituents is 1. The number of rotatable bonds is 4. The lowest BCUT2D eigenvalue weighted by molar-refractivity contribution is -0.385. The highest BCUT2D eigenvalue weighted by atomic mass is 16.6. The van der Waals surface area contributed by atoms with Gasteiger partial charge in [-0.15, -0.1) is 0 Å². The number of anilines is 2. The lowest BCUT2D eigenvalue weighted by atomic mass is 10.0. The molecule has 1 fully saturated rings. The zero-order valence-electron chi connectivity index (χ0n) is 12.9. The first kappa shape index (κ1) is 15.5. The van der Waals surface area contributed by atoms with Crippen LogP contribution in [-0.2, 0) is 4.79 Å². The van der Waals surface area contributed by atoms with Gasteiger partial charge in [0.1, 0.15) is 6.04 Å². The van der Waals surface area contributed by atoms with Crippen LogP contribution in [0, 0.1) is 28.4 Å². The molecule has 0 aliphatic carbocycles. The predicted molar refractivity (Wildman–Crippen MR) is 88.8 cm³/mol. The summed E-state index contributed by atoms with van der Waals surface area (Å²) in [5.41, 5.74) is 1.70. The summed E-state index contributed by atoms with van der Waals surface area (Å²) in [5.74, 6) is -0.106. The van der Waals surface area contributed by atoms with E-state index in [2.05, 4.69) is 5.32 Å². The Bertz CT molecular complexity index is 858. The second-order valence-electron chi connectivity index (χ2n) is 5.52. The molecule has 2 aromatic rings. The molecule has 3 rings (SSSR count). The van der Waals surface area contributed by atoms with Crippen molar-refractivity contribution in [1.29, 1.82) is 5.26 Å². The van der Waals surface area contributed by atoms with Crippen LogP contribution in [0.4, 0.5) is 17.1 Å². The molecule has 1 N–H and O–H groups in total. The highest BCUT2D eigenvalue weighted by Gasteiger charge is 2.38. The van der Waals surface area contributed by atoms with Gasteiger partial charge in [0.2, 0.25) is 0 Å². The lowest BCUT2D eigenvalue weighted by Gasteiger charge is -2.39. The van der Waals surface area contributed by atoms with E-state index in [0.29, 0.717) is 17.8 Å². The van der Waals surface area contributed by atoms with Crippen molar-refractivity contribution in [3.63, 3.8) is 0 Å². The van der Waals surface area contributed by atoms with Crippen LogP contribution in [0.3, 0.4) is 0 Å². The minimum atomic E-state index is -0.528. The van der Waals surface area contributed by atoms with Gasteiger partial charge in [-0.1, -0.05) is 18.2 Å². The van der Waals surface area contributed by atoms with Crippen molar-refractivity contribution in [2.75, 3.05) is 16.8 Å². The number of nitriles is 1. The van der Waals surface area contributed by atoms with Gasteiger partial charge in [0.05, 0.1) is 23.1 Å². The summed E-state index contributed by atoms with van der Waals surface area (Å²) in [6.07, 6.45) is 0. The number of nitrogens with zero attached hydrogens (tertiary/aromatic N) is 3. The predicted octanol–water partition coefficient (Wildman–Crippen LogP) is 2.60. The van der Waals surface area contributed by atoms with Crippen LogP contribution in [0.1, 0.15) is 11.1 Å². The number of nitrogens with one attached hydrogen (secondary N) is 1. The first-order valence-corrected chi connectivity index (χ1v) is 7.33. The summed E-state index contributed by atoms with van der Waals surface area (Å²) in [6.45, 7) is 2.06. The average molecular weight is 322 g/mol. The van der Waals surface area contributed by atoms with E-state index in [1.54, 1.807) is 11.8 Å². The van der Waals surface area contributed by atoms with Crippen LogP contribution in [0.15, 0.2) is 42.5 Å². The van der Waals surface area contributed by atoms with Crippen molar-refractivity contribution in [1.82, 2.24) is 0 Å². The fourth-order valence-electron chi connectivity index (χ4n) is 2.67. The molecule has 1 heterocycles. The van der Waals surface area contributed by atoms with Gasteiger partial charge in [0.15, 0.2) is 0 Å². The Morgan fingerprint density at radius 3 is 2.62 bits per heavy atom. The van der Waals surface area contributed by atoms with Crippen molar-refractivity contribution >= 4 is 23.0 Å². The number of hydrogen-bond donors (Lipinski definition) is 1. The van der Waals surface area contributed by atoms with E-state index >= 15 is 0 Å². The van der Waals surface area contributed by atoms with Crippen LogP contribution >= 0.6 is 0 Å². The Labute approximate surface area is 138 Å². The number of para-hydroxylation sites is 1. The number of hydrogen-bond acceptors (Lipinski definition) is 5. The maximum Gasteiger partial charge on any atom is 0.275 e. The minimum Gasteiger partial charge on any atom is -0.372 e. The SMILES string of the molecule is Cc1c(NC2CN(c3ccccc3)C2=O)cc(C#N)cc1[N+](=O)[O-]. The largest absolute Gasteiger partial charge is 0.372 e. The molecule has 0 bridgehead atoms. The monoisotopic (exact) mass is 322 g/mol. The molecule has 1 aliphatic rings. The fourth-order valence-corrected chi connectivity index (χ4v) is 2.67. The number of amides is 1. The zero-order chi connectivity index (χ0) is 17.3. The molecular formula is C17H14N4O3. The third kappa shape index (κ3) is 2.65. The molecule has 120 valence electrons. The molecule has 24 heavy (non-hydrogen) atoms. The molecule has 0 spiro atoms. The van der Waals surface area contributed by atoms with Gasteiger partial charge in [-0.25, -0.2) is 0 Å². The highest BCUT2D eigenvalue weighted by Crippen LogP contribution is 2.30. The lowest BCUT2D eigenvalue weighted by Crippen LogP contribution is -2.60. The van der Waals surface area contributed by atoms with Gasteiger partial charge < -0.3 is 10.2 Å². The normalized spacial score (nSPS) is 16.2. The molecule has 0 aromatic heterocycles. The van der Waals surface area contributed by atoms with Gasteiger partial charge in [-0.2, -0.15) is 5.26 Å². The van der Waals surface area contributed by atoms with Crippen molar-refractivity contribution < 1.29 is 9.72 Å². The average Bonchev–Trinajstić information content (AvgIpc) is 2.59. The van der Waals surface area contributed by atoms with Gasteiger partial charge in [-0.3, -0.25) is 14.9 Å². The standard InChI is InChI=1S/C17H14N4O3/c1-11-14(7-12(9-18)8-16(11)21(23)24)19-15-10-20(17(15)22)13-5-3-2-4-6-13/h2-8,15,19H,10H2,1H3. The summed E-state index contributed by atoms with van der Waals surface area (Å²) in [4.78, 5) is 24.5. The molecule has 0 radical (unpaired) electrons. The van der Waals surface area contributed by atoms with Crippen LogP contribution in [-0.4, -0.2) is 23.4 Å². The summed E-state index contributed by atoms with van der Waals surface area (Å²) >= 11 is 0. The summed E-state index contributed by atoms with van der Waals surface area (Å²) in [6, 6.07) is 13.5. The Morgan fingerprint density at radius 1 is 1.33 bits per heavy atom. The molecule has 7 nitrogen and oxygen atoms in total. The van der Waals surface area contributed by atoms with Crippen LogP contribution in [0.5, 0.6) is 0 Å². The summed E-state index contributed by atoms with van der Waals surface area (Å²) in [5, 5.41) is 23.2. The smallest absolute Gasteiger partial charge is 0.275 e. The van der Waals surface area contributed by atoms with Gasteiger partial charge in [-0.05, 0) is 25.1 Å². The molecule has 1 atom stereocenters. The van der Waals surface area contributed by atoms with Gasteiger partial charge in [0.25, 0.3) is 11.6 Å². The third-order valence-electron chi connectivity index (χ3n) is 4.03. The Hall–Kier alpha value is -3.40. The number of carbonyl (C=O) groups excluding carboxylic acids is 1. The van der Waals surface area contributed by atoms with E-state index in [1.165, 1.54) is 12.1 Å². The second kappa shape index (κ2) is 6.01. The number of benzene rings is 2. The Kier molecular flexibility index (Phi) is 3.88. The van der Waals surface area contributed by atoms with Gasteiger partial charge >= 0.3 is 0 Å². The van der Waals surface area contributed by atoms with Crippen LogP contribution in [0.25, 0.3) is 0 Å². The van der Waals surface area contributed by atoms with E-state index < -0.39 is 11.0 Å². The molecule has 7 heteroatoms. The zero-order valence-corrected chi connectivity index (χ0v) is 12.9. The van der Waals surface area contributed by atoms with E-state index in [-0.39, 0.29) is 17.2 Å². The van der Waals surface area contributed by atoms with Gasteiger partial charge in [0, 0.05) is 23.0 Å². The third-order valence-corrected chi connectivity index (χ3v) is 4.03. The first-order chi connectivity index (χ1) is 11.5. The Morgan fingerprint density at radius 2 is 2.04 bits per heavy atom. The first-order valence-electron chi connectivity index (χ1n) is 7.33.